The molecule has 0 fully saturated rings. The number of carbonyl (C=O) groups excluding carboxylic acids is 2. The highest BCUT2D eigenvalue weighted by Crippen LogP contribution is 2.16. The highest BCUT2D eigenvalue weighted by atomic mass is 79.9. The molecule has 0 unspecified atom stereocenters. The van der Waals surface area contributed by atoms with Crippen LogP contribution >= 0.6 is 15.9 Å². The van der Waals surface area contributed by atoms with Gasteiger partial charge >= 0.3 is 0 Å². The molecule has 0 saturated heterocycles. The van der Waals surface area contributed by atoms with E-state index in [1.54, 1.807) is 12.1 Å². The molecule has 0 saturated carbocycles. The standard InChI is InChI=1S/C12H15BrFN3O2/c13-9-5-8(1-2-10(9)14)3-4-16-12(19)7-17-11(18)6-15/h1-2,5H,3-4,6-7,15H2,(H,16,19)(H,17,18). The van der Waals surface area contributed by atoms with Crippen LogP contribution in [0.4, 0.5) is 4.39 Å². The smallest absolute Gasteiger partial charge is 0.239 e. The molecular formula is C12H15BrFN3O2. The van der Waals surface area contributed by atoms with Crippen molar-refractivity contribution in [3.05, 3.63) is 34.1 Å². The van der Waals surface area contributed by atoms with Gasteiger partial charge in [0, 0.05) is 6.54 Å². The molecule has 0 aliphatic heterocycles. The van der Waals surface area contributed by atoms with E-state index in [1.807, 2.05) is 0 Å². The maximum atomic E-state index is 13.0. The molecule has 19 heavy (non-hydrogen) atoms. The maximum Gasteiger partial charge on any atom is 0.239 e. The number of nitrogens with two attached hydrogens (primary N) is 1. The van der Waals surface area contributed by atoms with Crippen LogP contribution < -0.4 is 16.4 Å². The van der Waals surface area contributed by atoms with Gasteiger partial charge < -0.3 is 16.4 Å². The molecule has 7 heteroatoms. The molecule has 5 nitrogen and oxygen atoms in total. The Hall–Kier alpha value is -1.47. The first-order valence-electron chi connectivity index (χ1n) is 5.70. The predicted molar refractivity (Wildman–Crippen MR) is 72.9 cm³/mol. The molecule has 0 spiro atoms. The zero-order valence-electron chi connectivity index (χ0n) is 10.2. The van der Waals surface area contributed by atoms with E-state index in [0.29, 0.717) is 17.4 Å². The number of benzene rings is 1. The Bertz CT molecular complexity index is 468. The maximum absolute atomic E-state index is 13.0. The summed E-state index contributed by atoms with van der Waals surface area (Å²) in [6.07, 6.45) is 0.579. The van der Waals surface area contributed by atoms with Crippen LogP contribution in [0, 0.1) is 5.82 Å². The van der Waals surface area contributed by atoms with E-state index in [-0.39, 0.29) is 30.7 Å². The average Bonchev–Trinajstić information content (AvgIpc) is 2.40. The molecular weight excluding hydrogens is 317 g/mol. The number of nitrogens with one attached hydrogen (secondary N) is 2. The van der Waals surface area contributed by atoms with Crippen LogP contribution in [0.1, 0.15) is 5.56 Å². The van der Waals surface area contributed by atoms with Crippen molar-refractivity contribution >= 4 is 27.7 Å². The molecule has 0 bridgehead atoms. The van der Waals surface area contributed by atoms with Crippen LogP contribution in [-0.4, -0.2) is 31.4 Å². The Kier molecular flexibility index (Phi) is 6.44. The lowest BCUT2D eigenvalue weighted by molar-refractivity contribution is -0.125. The molecule has 104 valence electrons. The predicted octanol–water partition coefficient (Wildman–Crippen LogP) is 0.322. The zero-order chi connectivity index (χ0) is 14.3. The van der Waals surface area contributed by atoms with Crippen LogP contribution in [0.5, 0.6) is 0 Å². The second-order valence-electron chi connectivity index (χ2n) is 3.83. The quantitative estimate of drug-likeness (QED) is 0.702. The van der Waals surface area contributed by atoms with Crippen LogP contribution in [0.15, 0.2) is 22.7 Å². The minimum Gasteiger partial charge on any atom is -0.354 e. The van der Waals surface area contributed by atoms with Crippen LogP contribution in [0.3, 0.4) is 0 Å². The first kappa shape index (κ1) is 15.6. The second-order valence-corrected chi connectivity index (χ2v) is 4.68. The van der Waals surface area contributed by atoms with E-state index in [2.05, 4.69) is 26.6 Å². The fraction of sp³-hybridized carbons (Fsp3) is 0.333. The van der Waals surface area contributed by atoms with Crippen molar-refractivity contribution < 1.29 is 14.0 Å². The highest BCUT2D eigenvalue weighted by molar-refractivity contribution is 9.10. The van der Waals surface area contributed by atoms with Gasteiger partial charge in [0.1, 0.15) is 5.82 Å². The molecule has 1 rings (SSSR count). The van der Waals surface area contributed by atoms with E-state index >= 15 is 0 Å². The summed E-state index contributed by atoms with van der Waals surface area (Å²) >= 11 is 3.09. The third kappa shape index (κ3) is 5.80. The second kappa shape index (κ2) is 7.85. The Balaban J connectivity index is 2.28. The summed E-state index contributed by atoms with van der Waals surface area (Å²) in [5, 5.41) is 5.01. The van der Waals surface area contributed by atoms with Gasteiger partial charge in [-0.3, -0.25) is 9.59 Å². The Morgan fingerprint density at radius 2 is 2.00 bits per heavy atom. The number of amides is 2. The third-order valence-electron chi connectivity index (χ3n) is 2.35. The molecule has 0 atom stereocenters. The first-order chi connectivity index (χ1) is 9.02. The highest BCUT2D eigenvalue weighted by Gasteiger charge is 2.04. The van der Waals surface area contributed by atoms with Gasteiger partial charge in [-0.25, -0.2) is 4.39 Å². The monoisotopic (exact) mass is 331 g/mol. The fourth-order valence-corrected chi connectivity index (χ4v) is 1.78. The number of rotatable bonds is 6. The first-order valence-corrected chi connectivity index (χ1v) is 6.49. The molecule has 0 aliphatic rings. The Labute approximate surface area is 118 Å². The van der Waals surface area contributed by atoms with Crippen molar-refractivity contribution in [3.63, 3.8) is 0 Å². The summed E-state index contributed by atoms with van der Waals surface area (Å²) in [5.41, 5.74) is 5.98. The number of hydrogen-bond donors (Lipinski definition) is 3. The molecule has 0 aliphatic carbocycles. The van der Waals surface area contributed by atoms with Gasteiger partial charge in [0.05, 0.1) is 17.6 Å². The lowest BCUT2D eigenvalue weighted by atomic mass is 10.1. The minimum atomic E-state index is -0.377. The number of hydrogen-bond acceptors (Lipinski definition) is 3. The van der Waals surface area contributed by atoms with Crippen LogP contribution in [0.2, 0.25) is 0 Å². The van der Waals surface area contributed by atoms with Gasteiger partial charge in [-0.1, -0.05) is 6.07 Å². The van der Waals surface area contributed by atoms with Gasteiger partial charge in [0.2, 0.25) is 11.8 Å². The topological polar surface area (TPSA) is 84.2 Å². The van der Waals surface area contributed by atoms with Crippen molar-refractivity contribution in [3.8, 4) is 0 Å². The summed E-state index contributed by atoms with van der Waals surface area (Å²) in [6.45, 7) is 0.176. The molecule has 0 heterocycles. The minimum absolute atomic E-state index is 0.0941. The molecule has 4 N–H and O–H groups in total. The molecule has 0 aromatic heterocycles. The molecule has 1 aromatic carbocycles. The third-order valence-corrected chi connectivity index (χ3v) is 2.96. The van der Waals surface area contributed by atoms with Crippen molar-refractivity contribution in [2.75, 3.05) is 19.6 Å². The van der Waals surface area contributed by atoms with Crippen molar-refractivity contribution in [1.82, 2.24) is 10.6 Å². The number of halogens is 2. The molecule has 2 amide bonds. The van der Waals surface area contributed by atoms with Gasteiger partial charge in [-0.2, -0.15) is 0 Å². The van der Waals surface area contributed by atoms with E-state index < -0.39 is 0 Å². The fourth-order valence-electron chi connectivity index (χ4n) is 1.35. The largest absolute Gasteiger partial charge is 0.354 e. The van der Waals surface area contributed by atoms with E-state index in [0.717, 1.165) is 5.56 Å². The zero-order valence-corrected chi connectivity index (χ0v) is 11.8. The molecule has 0 radical (unpaired) electrons. The molecule has 1 aromatic rings. The lowest BCUT2D eigenvalue weighted by Crippen LogP contribution is -2.40. The summed E-state index contributed by atoms with van der Waals surface area (Å²) in [4.78, 5) is 22.2. The van der Waals surface area contributed by atoms with Crippen molar-refractivity contribution in [1.29, 1.82) is 0 Å². The van der Waals surface area contributed by atoms with Crippen molar-refractivity contribution in [2.45, 2.75) is 6.42 Å². The van der Waals surface area contributed by atoms with Crippen molar-refractivity contribution in [2.24, 2.45) is 5.73 Å². The van der Waals surface area contributed by atoms with E-state index in [4.69, 9.17) is 5.73 Å². The average molecular weight is 332 g/mol. The number of carbonyl (C=O) groups is 2. The summed E-state index contributed by atoms with van der Waals surface area (Å²) < 4.78 is 13.4. The summed E-state index contributed by atoms with van der Waals surface area (Å²) in [5.74, 6) is -0.988. The normalized spacial score (nSPS) is 10.1. The van der Waals surface area contributed by atoms with Crippen LogP contribution in [0.25, 0.3) is 0 Å². The van der Waals surface area contributed by atoms with Crippen LogP contribution in [-0.2, 0) is 16.0 Å². The van der Waals surface area contributed by atoms with Gasteiger partial charge in [-0.05, 0) is 40.0 Å². The summed E-state index contributed by atoms with van der Waals surface area (Å²) in [7, 11) is 0. The van der Waals surface area contributed by atoms with E-state index in [1.165, 1.54) is 6.07 Å². The van der Waals surface area contributed by atoms with Gasteiger partial charge in [-0.15, -0.1) is 0 Å². The summed E-state index contributed by atoms with van der Waals surface area (Å²) in [6, 6.07) is 4.68. The van der Waals surface area contributed by atoms with Gasteiger partial charge in [0.25, 0.3) is 0 Å². The Morgan fingerprint density at radius 3 is 2.63 bits per heavy atom. The Morgan fingerprint density at radius 1 is 1.26 bits per heavy atom. The van der Waals surface area contributed by atoms with Gasteiger partial charge in [0.15, 0.2) is 0 Å². The SMILES string of the molecule is NCC(=O)NCC(=O)NCCc1ccc(F)c(Br)c1. The lowest BCUT2D eigenvalue weighted by Gasteiger charge is -2.07. The van der Waals surface area contributed by atoms with E-state index in [9.17, 15) is 14.0 Å².